The minimum Gasteiger partial charge on any atom is -0.384 e. The van der Waals surface area contributed by atoms with Gasteiger partial charge in [0.05, 0.1) is 23.3 Å². The number of nitrogens with two attached hydrogens (primary N) is 1. The van der Waals surface area contributed by atoms with Gasteiger partial charge in [0.25, 0.3) is 0 Å². The van der Waals surface area contributed by atoms with Crippen LogP contribution in [0.4, 0.5) is 5.82 Å². The van der Waals surface area contributed by atoms with E-state index in [-0.39, 0.29) is 0 Å². The minimum atomic E-state index is 0.369. The molecule has 0 aromatic carbocycles. The minimum absolute atomic E-state index is 0.369. The molecule has 0 saturated carbocycles. The van der Waals surface area contributed by atoms with Crippen LogP contribution < -0.4 is 16.3 Å². The number of fused-ring (bicyclic) bond motifs is 1. The average molecular weight is 393 g/mol. The molecule has 4 rings (SSSR count). The van der Waals surface area contributed by atoms with Crippen LogP contribution in [0, 0.1) is 0 Å². The van der Waals surface area contributed by atoms with Crippen molar-refractivity contribution >= 4 is 23.6 Å². The molecule has 0 aliphatic carbocycles. The van der Waals surface area contributed by atoms with Crippen molar-refractivity contribution in [1.29, 1.82) is 0 Å². The fourth-order valence-electron chi connectivity index (χ4n) is 3.97. The van der Waals surface area contributed by atoms with E-state index >= 15 is 0 Å². The Bertz CT molecular complexity index is 1130. The maximum Gasteiger partial charge on any atom is 0.165 e. The van der Waals surface area contributed by atoms with Crippen LogP contribution >= 0.6 is 0 Å². The Morgan fingerprint density at radius 2 is 1.97 bits per heavy atom. The van der Waals surface area contributed by atoms with Gasteiger partial charge in [-0.3, -0.25) is 9.88 Å². The molecule has 3 aromatic heterocycles. The van der Waals surface area contributed by atoms with Crippen LogP contribution in [0.15, 0.2) is 24.5 Å². The van der Waals surface area contributed by atoms with Gasteiger partial charge in [-0.1, -0.05) is 12.2 Å². The highest BCUT2D eigenvalue weighted by atomic mass is 16.5. The SMILES string of the molecule is C/C=c1/cc(-c2cnn3c(N)cc(CN4CCC(OC)CC4)nc23)cn/c1=C/C. The highest BCUT2D eigenvalue weighted by molar-refractivity contribution is 5.77. The Morgan fingerprint density at radius 3 is 2.66 bits per heavy atom. The first-order valence-electron chi connectivity index (χ1n) is 10.1. The lowest BCUT2D eigenvalue weighted by atomic mass is 10.1. The van der Waals surface area contributed by atoms with Gasteiger partial charge >= 0.3 is 0 Å². The third kappa shape index (κ3) is 3.88. The van der Waals surface area contributed by atoms with Crippen molar-refractivity contribution in [2.45, 2.75) is 39.3 Å². The lowest BCUT2D eigenvalue weighted by molar-refractivity contribution is 0.0385. The molecule has 1 saturated heterocycles. The summed E-state index contributed by atoms with van der Waals surface area (Å²) in [5, 5.41) is 6.52. The largest absolute Gasteiger partial charge is 0.384 e. The predicted octanol–water partition coefficient (Wildman–Crippen LogP) is 1.59. The van der Waals surface area contributed by atoms with Crippen LogP contribution in [0.1, 0.15) is 32.4 Å². The molecule has 7 nitrogen and oxygen atoms in total. The molecule has 2 N–H and O–H groups in total. The highest BCUT2D eigenvalue weighted by Crippen LogP contribution is 2.24. The molecule has 152 valence electrons. The number of hydrogen-bond donors (Lipinski definition) is 1. The highest BCUT2D eigenvalue weighted by Gasteiger charge is 2.20. The zero-order chi connectivity index (χ0) is 20.4. The number of pyridine rings is 1. The second kappa shape index (κ2) is 8.31. The Morgan fingerprint density at radius 1 is 1.17 bits per heavy atom. The van der Waals surface area contributed by atoms with Crippen LogP contribution in [0.25, 0.3) is 28.9 Å². The molecular formula is C22H28N6O. The van der Waals surface area contributed by atoms with E-state index in [1.54, 1.807) is 11.6 Å². The summed E-state index contributed by atoms with van der Waals surface area (Å²) in [6, 6.07) is 4.05. The molecule has 0 bridgehead atoms. The van der Waals surface area contributed by atoms with Gasteiger partial charge in [0.2, 0.25) is 0 Å². The van der Waals surface area contributed by atoms with Crippen LogP contribution in [0.3, 0.4) is 0 Å². The Hall–Kier alpha value is -2.77. The zero-order valence-corrected chi connectivity index (χ0v) is 17.3. The van der Waals surface area contributed by atoms with Gasteiger partial charge < -0.3 is 10.5 Å². The summed E-state index contributed by atoms with van der Waals surface area (Å²) < 4.78 is 7.17. The fraction of sp³-hybridized carbons (Fsp3) is 0.409. The first-order valence-corrected chi connectivity index (χ1v) is 10.1. The zero-order valence-electron chi connectivity index (χ0n) is 17.3. The van der Waals surface area contributed by atoms with Crippen LogP contribution in [-0.2, 0) is 11.3 Å². The summed E-state index contributed by atoms with van der Waals surface area (Å²) in [5.74, 6) is 0.594. The Labute approximate surface area is 170 Å². The summed E-state index contributed by atoms with van der Waals surface area (Å²) in [4.78, 5) is 11.9. The van der Waals surface area contributed by atoms with Crippen molar-refractivity contribution in [3.8, 4) is 11.1 Å². The number of methoxy groups -OCH3 is 1. The number of nitrogens with zero attached hydrogens (tertiary/aromatic N) is 5. The van der Waals surface area contributed by atoms with Crippen molar-refractivity contribution in [1.82, 2.24) is 24.5 Å². The summed E-state index contributed by atoms with van der Waals surface area (Å²) in [6.45, 7) is 6.80. The number of rotatable bonds is 4. The standard InChI is InChI=1S/C22H28N6O/c1-4-15-10-16(12-24-20(15)5-2)19-13-25-28-21(23)11-17(26-22(19)28)14-27-8-6-18(29-3)7-9-27/h4-5,10-13,18H,6-9,14,23H2,1-3H3/b15-4-,20-5+. The van der Waals surface area contributed by atoms with Crippen molar-refractivity contribution < 1.29 is 4.74 Å². The number of ether oxygens (including phenoxy) is 1. The van der Waals surface area contributed by atoms with E-state index in [1.807, 2.05) is 38.4 Å². The van der Waals surface area contributed by atoms with Gasteiger partial charge in [-0.15, -0.1) is 0 Å². The van der Waals surface area contributed by atoms with Gasteiger partial charge in [-0.25, -0.2) is 4.98 Å². The first-order chi connectivity index (χ1) is 14.1. The summed E-state index contributed by atoms with van der Waals surface area (Å²) in [7, 11) is 1.79. The molecule has 1 aliphatic rings. The molecule has 1 aliphatic heterocycles. The maximum absolute atomic E-state index is 6.29. The predicted molar refractivity (Wildman–Crippen MR) is 115 cm³/mol. The smallest absolute Gasteiger partial charge is 0.165 e. The summed E-state index contributed by atoms with van der Waals surface area (Å²) in [6.07, 6.45) is 10.2. The molecule has 29 heavy (non-hydrogen) atoms. The lowest BCUT2D eigenvalue weighted by Crippen LogP contribution is -2.36. The van der Waals surface area contributed by atoms with Crippen molar-refractivity contribution in [2.24, 2.45) is 0 Å². The van der Waals surface area contributed by atoms with Crippen molar-refractivity contribution in [3.63, 3.8) is 0 Å². The molecule has 1 fully saturated rings. The quantitative estimate of drug-likeness (QED) is 0.726. The number of aromatic nitrogens is 4. The molecular weight excluding hydrogens is 364 g/mol. The second-order valence-electron chi connectivity index (χ2n) is 7.45. The third-order valence-electron chi connectivity index (χ3n) is 5.65. The number of nitrogen functional groups attached to an aromatic ring is 1. The monoisotopic (exact) mass is 392 g/mol. The number of anilines is 1. The lowest BCUT2D eigenvalue weighted by Gasteiger charge is -2.30. The first kappa shape index (κ1) is 19.5. The summed E-state index contributed by atoms with van der Waals surface area (Å²) >= 11 is 0. The van der Waals surface area contributed by atoms with Gasteiger partial charge in [0.15, 0.2) is 5.65 Å². The summed E-state index contributed by atoms with van der Waals surface area (Å²) in [5.41, 5.74) is 9.95. The molecule has 7 heteroatoms. The molecule has 4 heterocycles. The number of hydrogen-bond acceptors (Lipinski definition) is 6. The topological polar surface area (TPSA) is 81.6 Å². The van der Waals surface area contributed by atoms with E-state index in [4.69, 9.17) is 15.5 Å². The molecule has 0 spiro atoms. The molecule has 0 unspecified atom stereocenters. The maximum atomic E-state index is 6.29. The molecule has 0 radical (unpaired) electrons. The van der Waals surface area contributed by atoms with Crippen molar-refractivity contribution in [2.75, 3.05) is 25.9 Å². The fourth-order valence-corrected chi connectivity index (χ4v) is 3.97. The van der Waals surface area contributed by atoms with Crippen LogP contribution in [-0.4, -0.2) is 50.8 Å². The van der Waals surface area contributed by atoms with E-state index in [0.29, 0.717) is 11.9 Å². The van der Waals surface area contributed by atoms with Crippen LogP contribution in [0.2, 0.25) is 0 Å². The van der Waals surface area contributed by atoms with Gasteiger partial charge in [-0.05, 0) is 38.0 Å². The third-order valence-corrected chi connectivity index (χ3v) is 5.65. The van der Waals surface area contributed by atoms with Gasteiger partial charge in [-0.2, -0.15) is 9.61 Å². The van der Waals surface area contributed by atoms with E-state index in [0.717, 1.165) is 65.5 Å². The van der Waals surface area contributed by atoms with Crippen LogP contribution in [0.5, 0.6) is 0 Å². The van der Waals surface area contributed by atoms with E-state index in [9.17, 15) is 0 Å². The van der Waals surface area contributed by atoms with Gasteiger partial charge in [0, 0.05) is 50.1 Å². The van der Waals surface area contributed by atoms with Gasteiger partial charge in [0.1, 0.15) is 5.82 Å². The van der Waals surface area contributed by atoms with E-state index < -0.39 is 0 Å². The van der Waals surface area contributed by atoms with E-state index in [2.05, 4.69) is 27.1 Å². The Balaban J connectivity index is 1.69. The second-order valence-corrected chi connectivity index (χ2v) is 7.45. The normalized spacial score (nSPS) is 17.5. The Kier molecular flexibility index (Phi) is 5.60. The number of piperidine rings is 1. The average Bonchev–Trinajstić information content (AvgIpc) is 3.18. The number of likely N-dealkylation sites (tertiary alicyclic amines) is 1. The molecule has 0 atom stereocenters. The van der Waals surface area contributed by atoms with Crippen molar-refractivity contribution in [3.05, 3.63) is 40.8 Å². The molecule has 3 aromatic rings. The van der Waals surface area contributed by atoms with E-state index in [1.165, 1.54) is 0 Å². The molecule has 0 amide bonds.